The average Bonchev–Trinajstić information content (AvgIpc) is 2.38. The predicted molar refractivity (Wildman–Crippen MR) is 62.2 cm³/mol. The van der Waals surface area contributed by atoms with Crippen LogP contribution in [0.4, 0.5) is 17.6 Å². The van der Waals surface area contributed by atoms with Gasteiger partial charge in [-0.1, -0.05) is 24.3 Å². The molecule has 2 rings (SSSR count). The normalized spacial score (nSPS) is 11.4. The zero-order chi connectivity index (χ0) is 14.0. The van der Waals surface area contributed by atoms with Crippen molar-refractivity contribution in [2.75, 3.05) is 0 Å². The van der Waals surface area contributed by atoms with E-state index in [4.69, 9.17) is 0 Å². The summed E-state index contributed by atoms with van der Waals surface area (Å²) in [5, 5.41) is 0. The van der Waals surface area contributed by atoms with E-state index >= 15 is 0 Å². The maximum absolute atomic E-state index is 13.6. The van der Waals surface area contributed by atoms with Crippen molar-refractivity contribution in [3.63, 3.8) is 0 Å². The van der Waals surface area contributed by atoms with Crippen LogP contribution in [0.15, 0.2) is 42.5 Å². The molecule has 0 unspecified atom stereocenters. The van der Waals surface area contributed by atoms with E-state index in [-0.39, 0.29) is 11.1 Å². The molecule has 0 aliphatic heterocycles. The maximum Gasteiger partial charge on any atom is 0.416 e. The summed E-state index contributed by atoms with van der Waals surface area (Å²) >= 11 is 0. The Bertz CT molecular complexity index is 600. The standard InChI is InChI=1S/C14H8F4O/c15-13-6-5-11(14(16,17)18)7-12(13)10-3-1-9(8-19)2-4-10/h1-8H. The van der Waals surface area contributed by atoms with Gasteiger partial charge in [0.15, 0.2) is 0 Å². The molecule has 2 aromatic rings. The molecule has 0 aromatic heterocycles. The second-order valence-corrected chi connectivity index (χ2v) is 3.93. The van der Waals surface area contributed by atoms with Crippen molar-refractivity contribution in [2.24, 2.45) is 0 Å². The topological polar surface area (TPSA) is 17.1 Å². The lowest BCUT2D eigenvalue weighted by atomic mass is 10.0. The third-order valence-corrected chi connectivity index (χ3v) is 2.65. The molecule has 0 N–H and O–H groups in total. The zero-order valence-corrected chi connectivity index (χ0v) is 9.54. The first-order valence-electron chi connectivity index (χ1n) is 5.34. The van der Waals surface area contributed by atoms with E-state index in [2.05, 4.69) is 0 Å². The van der Waals surface area contributed by atoms with Crippen LogP contribution in [-0.2, 0) is 6.18 Å². The summed E-state index contributed by atoms with van der Waals surface area (Å²) in [5.74, 6) is -0.744. The van der Waals surface area contributed by atoms with Crippen LogP contribution in [0.3, 0.4) is 0 Å². The smallest absolute Gasteiger partial charge is 0.298 e. The number of carbonyl (C=O) groups excluding carboxylic acids is 1. The maximum atomic E-state index is 13.6. The van der Waals surface area contributed by atoms with Gasteiger partial charge in [-0.05, 0) is 23.8 Å². The number of hydrogen-bond donors (Lipinski definition) is 0. The monoisotopic (exact) mass is 268 g/mol. The Hall–Kier alpha value is -2.17. The fraction of sp³-hybridized carbons (Fsp3) is 0.0714. The van der Waals surface area contributed by atoms with Gasteiger partial charge in [-0.25, -0.2) is 4.39 Å². The number of hydrogen-bond acceptors (Lipinski definition) is 1. The van der Waals surface area contributed by atoms with E-state index in [1.807, 2.05) is 0 Å². The molecule has 0 amide bonds. The lowest BCUT2D eigenvalue weighted by Crippen LogP contribution is -2.05. The summed E-state index contributed by atoms with van der Waals surface area (Å²) in [7, 11) is 0. The van der Waals surface area contributed by atoms with Gasteiger partial charge in [0.05, 0.1) is 5.56 Å². The molecule has 0 aliphatic rings. The highest BCUT2D eigenvalue weighted by atomic mass is 19.4. The molecule has 0 saturated heterocycles. The van der Waals surface area contributed by atoms with Crippen LogP contribution in [0.1, 0.15) is 15.9 Å². The van der Waals surface area contributed by atoms with Crippen LogP contribution < -0.4 is 0 Å². The summed E-state index contributed by atoms with van der Waals surface area (Å²) in [4.78, 5) is 10.5. The molecule has 2 aromatic carbocycles. The Morgan fingerprint density at radius 3 is 2.11 bits per heavy atom. The van der Waals surface area contributed by atoms with E-state index in [1.165, 1.54) is 24.3 Å². The van der Waals surface area contributed by atoms with Gasteiger partial charge in [0.25, 0.3) is 0 Å². The molecular weight excluding hydrogens is 260 g/mol. The van der Waals surface area contributed by atoms with Gasteiger partial charge in [-0.15, -0.1) is 0 Å². The molecule has 0 heterocycles. The molecule has 0 spiro atoms. The molecule has 0 atom stereocenters. The van der Waals surface area contributed by atoms with Crippen molar-refractivity contribution in [3.05, 3.63) is 59.4 Å². The summed E-state index contributed by atoms with van der Waals surface area (Å²) < 4.78 is 51.3. The highest BCUT2D eigenvalue weighted by molar-refractivity contribution is 5.77. The van der Waals surface area contributed by atoms with Crippen LogP contribution in [0.5, 0.6) is 0 Å². The van der Waals surface area contributed by atoms with Gasteiger partial charge in [0, 0.05) is 11.1 Å². The van der Waals surface area contributed by atoms with Gasteiger partial charge in [0.2, 0.25) is 0 Å². The molecule has 0 saturated carbocycles. The Balaban J connectivity index is 2.51. The zero-order valence-electron chi connectivity index (χ0n) is 9.54. The Labute approximate surface area is 106 Å². The van der Waals surface area contributed by atoms with Crippen LogP contribution >= 0.6 is 0 Å². The Kier molecular flexibility index (Phi) is 3.38. The molecule has 0 aliphatic carbocycles. The van der Waals surface area contributed by atoms with Gasteiger partial charge in [0.1, 0.15) is 12.1 Å². The molecule has 0 fully saturated rings. The minimum Gasteiger partial charge on any atom is -0.298 e. The highest BCUT2D eigenvalue weighted by Gasteiger charge is 2.31. The van der Waals surface area contributed by atoms with E-state index in [0.717, 1.165) is 12.1 Å². The summed E-state index contributed by atoms with van der Waals surface area (Å²) in [6, 6.07) is 7.88. The lowest BCUT2D eigenvalue weighted by Gasteiger charge is -2.10. The van der Waals surface area contributed by atoms with Crippen molar-refractivity contribution in [3.8, 4) is 11.1 Å². The number of rotatable bonds is 2. The molecule has 19 heavy (non-hydrogen) atoms. The molecular formula is C14H8F4O. The molecule has 5 heteroatoms. The number of alkyl halides is 3. The summed E-state index contributed by atoms with van der Waals surface area (Å²) in [6.45, 7) is 0. The van der Waals surface area contributed by atoms with E-state index in [9.17, 15) is 22.4 Å². The van der Waals surface area contributed by atoms with E-state index in [1.54, 1.807) is 0 Å². The first-order valence-corrected chi connectivity index (χ1v) is 5.34. The van der Waals surface area contributed by atoms with Crippen LogP contribution in [0.2, 0.25) is 0 Å². The minimum atomic E-state index is -4.52. The quantitative estimate of drug-likeness (QED) is 0.585. The van der Waals surface area contributed by atoms with Gasteiger partial charge in [-0.3, -0.25) is 4.79 Å². The second kappa shape index (κ2) is 4.84. The SMILES string of the molecule is O=Cc1ccc(-c2cc(C(F)(F)F)ccc2F)cc1. The third kappa shape index (κ3) is 2.81. The van der Waals surface area contributed by atoms with Gasteiger partial charge < -0.3 is 0 Å². The number of carbonyl (C=O) groups is 1. The summed E-state index contributed by atoms with van der Waals surface area (Å²) in [5.41, 5.74) is -0.402. The van der Waals surface area contributed by atoms with Gasteiger partial charge >= 0.3 is 6.18 Å². The first-order chi connectivity index (χ1) is 8.91. The minimum absolute atomic E-state index is 0.146. The molecule has 0 bridgehead atoms. The fourth-order valence-electron chi connectivity index (χ4n) is 1.66. The average molecular weight is 268 g/mol. The molecule has 0 radical (unpaired) electrons. The van der Waals surface area contributed by atoms with Crippen molar-refractivity contribution in [2.45, 2.75) is 6.18 Å². The van der Waals surface area contributed by atoms with E-state index in [0.29, 0.717) is 17.9 Å². The summed E-state index contributed by atoms with van der Waals surface area (Å²) in [6.07, 6.45) is -3.92. The first kappa shape index (κ1) is 13.3. The van der Waals surface area contributed by atoms with Gasteiger partial charge in [-0.2, -0.15) is 13.2 Å². The largest absolute Gasteiger partial charge is 0.416 e. The Morgan fingerprint density at radius 1 is 0.947 bits per heavy atom. The van der Waals surface area contributed by atoms with Crippen molar-refractivity contribution in [1.82, 2.24) is 0 Å². The number of halogens is 4. The lowest BCUT2D eigenvalue weighted by molar-refractivity contribution is -0.137. The predicted octanol–water partition coefficient (Wildman–Crippen LogP) is 4.32. The Morgan fingerprint density at radius 2 is 1.58 bits per heavy atom. The van der Waals surface area contributed by atoms with Crippen LogP contribution in [0, 0.1) is 5.82 Å². The van der Waals surface area contributed by atoms with E-state index < -0.39 is 17.6 Å². The van der Waals surface area contributed by atoms with Crippen molar-refractivity contribution >= 4 is 6.29 Å². The molecule has 98 valence electrons. The second-order valence-electron chi connectivity index (χ2n) is 3.93. The highest BCUT2D eigenvalue weighted by Crippen LogP contribution is 2.33. The van der Waals surface area contributed by atoms with Crippen molar-refractivity contribution in [1.29, 1.82) is 0 Å². The number of aldehydes is 1. The van der Waals surface area contributed by atoms with Crippen molar-refractivity contribution < 1.29 is 22.4 Å². The van der Waals surface area contributed by atoms with Crippen LogP contribution in [0.25, 0.3) is 11.1 Å². The molecule has 1 nitrogen and oxygen atoms in total. The third-order valence-electron chi connectivity index (χ3n) is 2.65. The fourth-order valence-corrected chi connectivity index (χ4v) is 1.66. The number of benzene rings is 2. The van der Waals surface area contributed by atoms with Crippen LogP contribution in [-0.4, -0.2) is 6.29 Å².